The summed E-state index contributed by atoms with van der Waals surface area (Å²) in [6, 6.07) is 5.65. The highest BCUT2D eigenvalue weighted by Gasteiger charge is 2.15. The van der Waals surface area contributed by atoms with Crippen LogP contribution in [-0.2, 0) is 0 Å². The zero-order chi connectivity index (χ0) is 15.1. The number of carbonyl (C=O) groups excluding carboxylic acids is 1. The first-order valence-electron chi connectivity index (χ1n) is 7.01. The molecule has 0 fully saturated rings. The minimum absolute atomic E-state index is 0.0551. The van der Waals surface area contributed by atoms with Crippen LogP contribution in [-0.4, -0.2) is 30.9 Å². The van der Waals surface area contributed by atoms with Crippen molar-refractivity contribution in [2.45, 2.75) is 27.2 Å². The number of rotatable bonds is 4. The van der Waals surface area contributed by atoms with Crippen LogP contribution in [0.3, 0.4) is 0 Å². The fourth-order valence-corrected chi connectivity index (χ4v) is 1.91. The predicted octanol–water partition coefficient (Wildman–Crippen LogP) is 2.42. The highest BCUT2D eigenvalue weighted by atomic mass is 16.2. The van der Waals surface area contributed by atoms with E-state index in [0.29, 0.717) is 12.5 Å². The van der Waals surface area contributed by atoms with Gasteiger partial charge in [-0.3, -0.25) is 4.79 Å². The maximum Gasteiger partial charge on any atom is 0.253 e. The van der Waals surface area contributed by atoms with E-state index in [0.717, 1.165) is 29.7 Å². The Kier molecular flexibility index (Phi) is 6.27. The van der Waals surface area contributed by atoms with E-state index in [1.165, 1.54) is 0 Å². The lowest BCUT2D eigenvalue weighted by Crippen LogP contribution is -2.29. The van der Waals surface area contributed by atoms with E-state index in [1.807, 2.05) is 32.2 Å². The molecular weight excluding hydrogens is 248 g/mol. The van der Waals surface area contributed by atoms with E-state index in [9.17, 15) is 4.79 Å². The van der Waals surface area contributed by atoms with Gasteiger partial charge >= 0.3 is 0 Å². The van der Waals surface area contributed by atoms with Gasteiger partial charge in [0, 0.05) is 24.7 Å². The summed E-state index contributed by atoms with van der Waals surface area (Å²) in [6.45, 7) is 7.35. The van der Waals surface area contributed by atoms with Crippen LogP contribution < -0.4 is 5.73 Å². The Bertz CT molecular complexity index is 524. The lowest BCUT2D eigenvalue weighted by Gasteiger charge is -2.19. The van der Waals surface area contributed by atoms with Crippen molar-refractivity contribution < 1.29 is 4.79 Å². The lowest BCUT2D eigenvalue weighted by molar-refractivity contribution is 0.0788. The molecule has 0 saturated heterocycles. The number of hydrogen-bond donors (Lipinski definition) is 1. The molecular formula is C17H24N2O. The second kappa shape index (κ2) is 7.72. The fourth-order valence-electron chi connectivity index (χ4n) is 1.91. The van der Waals surface area contributed by atoms with Gasteiger partial charge in [-0.05, 0) is 37.0 Å². The van der Waals surface area contributed by atoms with Crippen LogP contribution in [0, 0.1) is 24.7 Å². The first-order valence-corrected chi connectivity index (χ1v) is 7.01. The number of amides is 1. The summed E-state index contributed by atoms with van der Waals surface area (Å²) in [6.07, 6.45) is 1.01. The molecule has 1 aromatic carbocycles. The third kappa shape index (κ3) is 4.40. The highest BCUT2D eigenvalue weighted by molar-refractivity contribution is 5.96. The van der Waals surface area contributed by atoms with Crippen molar-refractivity contribution in [3.05, 3.63) is 34.9 Å². The quantitative estimate of drug-likeness (QED) is 0.856. The van der Waals surface area contributed by atoms with E-state index >= 15 is 0 Å². The van der Waals surface area contributed by atoms with Crippen LogP contribution in [0.4, 0.5) is 0 Å². The van der Waals surface area contributed by atoms with Gasteiger partial charge in [0.15, 0.2) is 0 Å². The molecule has 0 saturated carbocycles. The van der Waals surface area contributed by atoms with Gasteiger partial charge in [0.2, 0.25) is 0 Å². The van der Waals surface area contributed by atoms with Gasteiger partial charge in [-0.2, -0.15) is 0 Å². The minimum atomic E-state index is 0.0551. The predicted molar refractivity (Wildman–Crippen MR) is 83.5 cm³/mol. The third-order valence-corrected chi connectivity index (χ3v) is 3.28. The molecule has 0 aliphatic rings. The van der Waals surface area contributed by atoms with Crippen molar-refractivity contribution in [3.63, 3.8) is 0 Å². The molecule has 0 radical (unpaired) electrons. The summed E-state index contributed by atoms with van der Waals surface area (Å²) in [5.74, 6) is 6.49. The molecule has 0 aromatic heterocycles. The van der Waals surface area contributed by atoms with Crippen LogP contribution in [0.2, 0.25) is 0 Å². The highest BCUT2D eigenvalue weighted by Crippen LogP contribution is 2.15. The Morgan fingerprint density at radius 1 is 1.40 bits per heavy atom. The second-order valence-corrected chi connectivity index (χ2v) is 5.39. The number of hydrogen-bond acceptors (Lipinski definition) is 2. The maximum absolute atomic E-state index is 12.5. The fraction of sp³-hybridized carbons (Fsp3) is 0.471. The van der Waals surface area contributed by atoms with E-state index in [-0.39, 0.29) is 5.91 Å². The number of carbonyl (C=O) groups is 1. The van der Waals surface area contributed by atoms with Gasteiger partial charge in [0.25, 0.3) is 5.91 Å². The monoisotopic (exact) mass is 272 g/mol. The van der Waals surface area contributed by atoms with Crippen molar-refractivity contribution in [1.29, 1.82) is 0 Å². The molecule has 1 rings (SSSR count). The van der Waals surface area contributed by atoms with Crippen molar-refractivity contribution in [3.8, 4) is 11.8 Å². The van der Waals surface area contributed by atoms with Crippen molar-refractivity contribution >= 4 is 5.91 Å². The first kappa shape index (κ1) is 16.3. The Morgan fingerprint density at radius 3 is 2.70 bits per heavy atom. The van der Waals surface area contributed by atoms with Gasteiger partial charge in [-0.25, -0.2) is 0 Å². The van der Waals surface area contributed by atoms with Crippen molar-refractivity contribution in [1.82, 2.24) is 4.90 Å². The van der Waals surface area contributed by atoms with Gasteiger partial charge in [-0.15, -0.1) is 0 Å². The minimum Gasteiger partial charge on any atom is -0.342 e. The lowest BCUT2D eigenvalue weighted by atomic mass is 10.0. The summed E-state index contributed by atoms with van der Waals surface area (Å²) >= 11 is 0. The summed E-state index contributed by atoms with van der Waals surface area (Å²) in [5, 5.41) is 0. The molecule has 0 bridgehead atoms. The Morgan fingerprint density at radius 2 is 2.10 bits per heavy atom. The molecule has 108 valence electrons. The molecule has 1 amide bonds. The van der Waals surface area contributed by atoms with E-state index < -0.39 is 0 Å². The van der Waals surface area contributed by atoms with Crippen LogP contribution >= 0.6 is 0 Å². The zero-order valence-electron chi connectivity index (χ0n) is 12.9. The van der Waals surface area contributed by atoms with Crippen LogP contribution in [0.5, 0.6) is 0 Å². The summed E-state index contributed by atoms with van der Waals surface area (Å²) in [5.41, 5.74) is 7.91. The van der Waals surface area contributed by atoms with Gasteiger partial charge < -0.3 is 10.6 Å². The topological polar surface area (TPSA) is 46.3 Å². The number of nitrogens with two attached hydrogens (primary N) is 1. The molecule has 3 nitrogen and oxygen atoms in total. The number of nitrogens with zero attached hydrogens (tertiary/aromatic N) is 1. The zero-order valence-corrected chi connectivity index (χ0v) is 12.9. The first-order chi connectivity index (χ1) is 9.47. The SMILES string of the molecule is Cc1c(C#CCN)cccc1C(=O)N(C)CCC(C)C. The molecule has 0 aliphatic carbocycles. The van der Waals surface area contributed by atoms with Gasteiger partial charge in [0.1, 0.15) is 0 Å². The molecule has 0 aliphatic heterocycles. The average Bonchev–Trinajstić information content (AvgIpc) is 2.43. The van der Waals surface area contributed by atoms with E-state index in [4.69, 9.17) is 5.73 Å². The average molecular weight is 272 g/mol. The van der Waals surface area contributed by atoms with E-state index in [1.54, 1.807) is 4.90 Å². The summed E-state index contributed by atoms with van der Waals surface area (Å²) in [4.78, 5) is 14.2. The molecule has 0 atom stereocenters. The molecule has 3 heteroatoms. The standard InChI is InChI=1S/C17H24N2O/c1-13(2)10-12-19(4)17(20)16-9-5-7-15(14(16)3)8-6-11-18/h5,7,9,13H,10-12,18H2,1-4H3. The normalized spacial score (nSPS) is 10.1. The third-order valence-electron chi connectivity index (χ3n) is 3.28. The molecule has 20 heavy (non-hydrogen) atoms. The molecule has 0 heterocycles. The Hall–Kier alpha value is -1.79. The van der Waals surface area contributed by atoms with Crippen LogP contribution in [0.15, 0.2) is 18.2 Å². The molecule has 2 N–H and O–H groups in total. The van der Waals surface area contributed by atoms with Crippen LogP contribution in [0.1, 0.15) is 41.8 Å². The second-order valence-electron chi connectivity index (χ2n) is 5.39. The van der Waals surface area contributed by atoms with Crippen molar-refractivity contribution in [2.24, 2.45) is 11.7 Å². The van der Waals surface area contributed by atoms with Gasteiger partial charge in [0.05, 0.1) is 6.54 Å². The largest absolute Gasteiger partial charge is 0.342 e. The molecule has 0 spiro atoms. The van der Waals surface area contributed by atoms with Crippen molar-refractivity contribution in [2.75, 3.05) is 20.1 Å². The smallest absolute Gasteiger partial charge is 0.253 e. The summed E-state index contributed by atoms with van der Waals surface area (Å²) in [7, 11) is 1.85. The Labute approximate surface area is 122 Å². The molecule has 1 aromatic rings. The van der Waals surface area contributed by atoms with E-state index in [2.05, 4.69) is 25.7 Å². The number of benzene rings is 1. The van der Waals surface area contributed by atoms with Crippen LogP contribution in [0.25, 0.3) is 0 Å². The van der Waals surface area contributed by atoms with Gasteiger partial charge in [-0.1, -0.05) is 31.8 Å². The summed E-state index contributed by atoms with van der Waals surface area (Å²) < 4.78 is 0. The maximum atomic E-state index is 12.5. The molecule has 0 unspecified atom stereocenters. The Balaban J connectivity index is 2.93.